The zero-order valence-electron chi connectivity index (χ0n) is 8.06. The number of halogens is 2. The lowest BCUT2D eigenvalue weighted by molar-refractivity contribution is 0.476. The van der Waals surface area contributed by atoms with Gasteiger partial charge in [0.1, 0.15) is 0 Å². The van der Waals surface area contributed by atoms with Crippen LogP contribution in [0.4, 0.5) is 8.78 Å². The Morgan fingerprint density at radius 2 is 2.07 bits per heavy atom. The quantitative estimate of drug-likeness (QED) is 0.730. The summed E-state index contributed by atoms with van der Waals surface area (Å²) >= 11 is 0. The van der Waals surface area contributed by atoms with E-state index in [0.29, 0.717) is 11.6 Å². The highest BCUT2D eigenvalue weighted by Gasteiger charge is 2.24. The van der Waals surface area contributed by atoms with E-state index < -0.39 is 11.6 Å². The molecule has 3 heteroatoms. The highest BCUT2D eigenvalue weighted by molar-refractivity contribution is 5.23. The van der Waals surface area contributed by atoms with Crippen molar-refractivity contribution in [3.63, 3.8) is 0 Å². The molecule has 0 saturated carbocycles. The van der Waals surface area contributed by atoms with Gasteiger partial charge in [-0.2, -0.15) is 0 Å². The molecule has 76 valence electrons. The van der Waals surface area contributed by atoms with Crippen molar-refractivity contribution in [3.05, 3.63) is 35.4 Å². The molecule has 2 atom stereocenters. The molecule has 0 spiro atoms. The molecule has 0 aliphatic carbocycles. The third-order valence-electron chi connectivity index (χ3n) is 2.73. The van der Waals surface area contributed by atoms with Gasteiger partial charge in [-0.25, -0.2) is 8.78 Å². The van der Waals surface area contributed by atoms with E-state index in [1.165, 1.54) is 0 Å². The second kappa shape index (κ2) is 3.65. The maximum absolute atomic E-state index is 13.4. The molecule has 1 aliphatic rings. The summed E-state index contributed by atoms with van der Waals surface area (Å²) in [6.07, 6.45) is 1.89. The Kier molecular flexibility index (Phi) is 2.50. The summed E-state index contributed by atoms with van der Waals surface area (Å²) in [6, 6.07) is 4.72. The molecule has 1 fully saturated rings. The van der Waals surface area contributed by atoms with Gasteiger partial charge in [0.15, 0.2) is 11.6 Å². The second-order valence-electron chi connectivity index (χ2n) is 3.84. The van der Waals surface area contributed by atoms with E-state index in [1.54, 1.807) is 12.1 Å². The maximum Gasteiger partial charge on any atom is 0.163 e. The lowest BCUT2D eigenvalue weighted by Gasteiger charge is -2.13. The predicted molar refractivity (Wildman–Crippen MR) is 50.9 cm³/mol. The van der Waals surface area contributed by atoms with Gasteiger partial charge in [-0.3, -0.25) is 0 Å². The fraction of sp³-hybridized carbons (Fsp3) is 0.455. The lowest BCUT2D eigenvalue weighted by Crippen LogP contribution is -2.21. The summed E-state index contributed by atoms with van der Waals surface area (Å²) < 4.78 is 26.3. The standard InChI is InChI=1S/C11H13F2N/c1-7-5-6-10(14-7)8-3-2-4-9(12)11(8)13/h2-4,7,10,14H,5-6H2,1H3/t7-,10+/m0/s1. The van der Waals surface area contributed by atoms with Gasteiger partial charge in [-0.05, 0) is 25.8 Å². The third kappa shape index (κ3) is 1.64. The molecule has 0 aromatic heterocycles. The van der Waals surface area contributed by atoms with Gasteiger partial charge in [0, 0.05) is 17.6 Å². The molecule has 1 saturated heterocycles. The van der Waals surface area contributed by atoms with Gasteiger partial charge in [-0.15, -0.1) is 0 Å². The number of hydrogen-bond acceptors (Lipinski definition) is 1. The van der Waals surface area contributed by atoms with Crippen LogP contribution in [0.1, 0.15) is 31.4 Å². The molecule has 0 unspecified atom stereocenters. The minimum absolute atomic E-state index is 0.0271. The van der Waals surface area contributed by atoms with E-state index in [0.717, 1.165) is 18.9 Å². The van der Waals surface area contributed by atoms with E-state index in [1.807, 2.05) is 0 Å². The molecule has 14 heavy (non-hydrogen) atoms. The number of benzene rings is 1. The number of nitrogens with one attached hydrogen (secondary N) is 1. The first-order valence-corrected chi connectivity index (χ1v) is 4.88. The molecule has 1 aromatic carbocycles. The Bertz CT molecular complexity index is 338. The average Bonchev–Trinajstić information content (AvgIpc) is 2.57. The average molecular weight is 197 g/mol. The molecule has 1 N–H and O–H groups in total. The SMILES string of the molecule is C[C@H]1CC[C@H](c2cccc(F)c2F)N1. The second-order valence-corrected chi connectivity index (χ2v) is 3.84. The highest BCUT2D eigenvalue weighted by atomic mass is 19.2. The molecule has 0 radical (unpaired) electrons. The van der Waals surface area contributed by atoms with Crippen molar-refractivity contribution >= 4 is 0 Å². The van der Waals surface area contributed by atoms with Crippen LogP contribution in [0, 0.1) is 11.6 Å². The minimum Gasteiger partial charge on any atom is -0.307 e. The van der Waals surface area contributed by atoms with Crippen molar-refractivity contribution in [1.29, 1.82) is 0 Å². The molecule has 1 nitrogen and oxygen atoms in total. The molecular formula is C11H13F2N. The first-order valence-electron chi connectivity index (χ1n) is 4.88. The lowest BCUT2D eigenvalue weighted by atomic mass is 10.0. The van der Waals surface area contributed by atoms with Crippen LogP contribution in [0.2, 0.25) is 0 Å². The molecule has 2 rings (SSSR count). The first kappa shape index (κ1) is 9.59. The molecular weight excluding hydrogens is 184 g/mol. The van der Waals surface area contributed by atoms with E-state index in [2.05, 4.69) is 12.2 Å². The monoisotopic (exact) mass is 197 g/mol. The first-order chi connectivity index (χ1) is 6.68. The van der Waals surface area contributed by atoms with Gasteiger partial charge >= 0.3 is 0 Å². The fourth-order valence-corrected chi connectivity index (χ4v) is 1.96. The van der Waals surface area contributed by atoms with E-state index in [-0.39, 0.29) is 6.04 Å². The van der Waals surface area contributed by atoms with Crippen LogP contribution in [-0.4, -0.2) is 6.04 Å². The van der Waals surface area contributed by atoms with Crippen LogP contribution in [0.5, 0.6) is 0 Å². The Hall–Kier alpha value is -0.960. The zero-order valence-corrected chi connectivity index (χ0v) is 8.06. The topological polar surface area (TPSA) is 12.0 Å². The minimum atomic E-state index is -0.760. The smallest absolute Gasteiger partial charge is 0.163 e. The van der Waals surface area contributed by atoms with Crippen molar-refractivity contribution in [2.24, 2.45) is 0 Å². The molecule has 0 bridgehead atoms. The van der Waals surface area contributed by atoms with E-state index >= 15 is 0 Å². The highest BCUT2D eigenvalue weighted by Crippen LogP contribution is 2.28. The summed E-state index contributed by atoms with van der Waals surface area (Å²) in [6.45, 7) is 2.05. The van der Waals surface area contributed by atoms with Gasteiger partial charge in [0.05, 0.1) is 0 Å². The van der Waals surface area contributed by atoms with Crippen molar-refractivity contribution in [2.75, 3.05) is 0 Å². The number of hydrogen-bond donors (Lipinski definition) is 1. The molecule has 1 aliphatic heterocycles. The van der Waals surface area contributed by atoms with E-state index in [4.69, 9.17) is 0 Å². The normalized spacial score (nSPS) is 26.8. The summed E-state index contributed by atoms with van der Waals surface area (Å²) in [4.78, 5) is 0. The van der Waals surface area contributed by atoms with Crippen LogP contribution in [0.25, 0.3) is 0 Å². The number of rotatable bonds is 1. The van der Waals surface area contributed by atoms with Crippen molar-refractivity contribution in [3.8, 4) is 0 Å². The molecule has 0 amide bonds. The van der Waals surface area contributed by atoms with Crippen molar-refractivity contribution in [1.82, 2.24) is 5.32 Å². The summed E-state index contributed by atoms with van der Waals surface area (Å²) in [5.74, 6) is -1.47. The zero-order chi connectivity index (χ0) is 10.1. The Morgan fingerprint density at radius 3 is 2.71 bits per heavy atom. The van der Waals surface area contributed by atoms with E-state index in [9.17, 15) is 8.78 Å². The predicted octanol–water partition coefficient (Wildman–Crippen LogP) is 2.78. The third-order valence-corrected chi connectivity index (χ3v) is 2.73. The molecule has 1 aromatic rings. The molecule has 1 heterocycles. The van der Waals surface area contributed by atoms with Gasteiger partial charge in [0.2, 0.25) is 0 Å². The Morgan fingerprint density at radius 1 is 1.29 bits per heavy atom. The van der Waals surface area contributed by atoms with Crippen LogP contribution >= 0.6 is 0 Å². The van der Waals surface area contributed by atoms with Gasteiger partial charge < -0.3 is 5.32 Å². The summed E-state index contributed by atoms with van der Waals surface area (Å²) in [7, 11) is 0. The van der Waals surface area contributed by atoms with Crippen molar-refractivity contribution < 1.29 is 8.78 Å². The summed E-state index contributed by atoms with van der Waals surface area (Å²) in [5, 5.41) is 3.23. The van der Waals surface area contributed by atoms with Gasteiger partial charge in [0.25, 0.3) is 0 Å². The van der Waals surface area contributed by atoms with Crippen LogP contribution < -0.4 is 5.32 Å². The van der Waals surface area contributed by atoms with Crippen LogP contribution in [0.15, 0.2) is 18.2 Å². The maximum atomic E-state index is 13.4. The van der Waals surface area contributed by atoms with Gasteiger partial charge in [-0.1, -0.05) is 12.1 Å². The van der Waals surface area contributed by atoms with Crippen LogP contribution in [-0.2, 0) is 0 Å². The Labute approximate surface area is 82.1 Å². The fourth-order valence-electron chi connectivity index (χ4n) is 1.96. The van der Waals surface area contributed by atoms with Crippen LogP contribution in [0.3, 0.4) is 0 Å². The summed E-state index contributed by atoms with van der Waals surface area (Å²) in [5.41, 5.74) is 0.453. The largest absolute Gasteiger partial charge is 0.307 e. The van der Waals surface area contributed by atoms with Crippen molar-refractivity contribution in [2.45, 2.75) is 31.8 Å². The Balaban J connectivity index is 2.28.